The van der Waals surface area contributed by atoms with Crippen molar-refractivity contribution in [1.29, 1.82) is 0 Å². The number of ether oxygens (including phenoxy) is 6. The molecule has 3 aliphatic rings. The first-order valence-electron chi connectivity index (χ1n) is 27.6. The molecule has 3 rings (SSSR count). The molecule has 0 spiro atoms. The highest BCUT2D eigenvalue weighted by atomic mass is 16.8. The first-order chi connectivity index (χ1) is 34.8. The van der Waals surface area contributed by atoms with Crippen molar-refractivity contribution in [1.82, 2.24) is 5.32 Å². The fourth-order valence-electron chi connectivity index (χ4n) is 9.38. The number of hydrogen-bond acceptors (Lipinski definition) is 18. The highest BCUT2D eigenvalue weighted by molar-refractivity contribution is 5.76. The molecule has 0 saturated carbocycles. The minimum atomic E-state index is -1.98. The Hall–Kier alpha value is -1.73. The Kier molecular flexibility index (Phi) is 34.0. The number of unbranched alkanes of at least 4 members (excludes halogenated alkanes) is 21. The van der Waals surface area contributed by atoms with Crippen LogP contribution in [0, 0.1) is 0 Å². The Morgan fingerprint density at radius 3 is 1.39 bits per heavy atom. The second-order valence-electron chi connectivity index (χ2n) is 20.0. The Morgan fingerprint density at radius 2 is 0.889 bits per heavy atom. The molecule has 422 valence electrons. The molecule has 0 aromatic heterocycles. The lowest BCUT2D eigenvalue weighted by Gasteiger charge is -2.48. The van der Waals surface area contributed by atoms with Crippen LogP contribution in [0.4, 0.5) is 0 Å². The van der Waals surface area contributed by atoms with Gasteiger partial charge in [-0.3, -0.25) is 4.79 Å². The zero-order valence-corrected chi connectivity index (χ0v) is 43.4. The number of allylic oxidation sites excluding steroid dienone is 3. The standard InChI is InChI=1S/C53H97NO18/c1-3-5-7-9-11-13-15-17-18-19-20-22-24-26-28-30-37(58)36(54-41(59)31-29-27-25-23-21-16-14-12-10-8-6-4-2)35-67-51-47(65)44(62)49(39(33-56)69-51)72-53-48(66)45(63)50(40(34-57)70-53)71-52-46(64)43(61)42(60)38(32-55)68-52/h20,22,28,30,36-40,42-53,55-58,60-66H,3-19,21,23-27,29,31-35H2,1-2H3,(H,54,59)/b22-20+,30-28+. The van der Waals surface area contributed by atoms with Gasteiger partial charge in [0.1, 0.15) is 73.2 Å². The summed E-state index contributed by atoms with van der Waals surface area (Å²) < 4.78 is 34.1. The van der Waals surface area contributed by atoms with Gasteiger partial charge in [0.15, 0.2) is 18.9 Å². The van der Waals surface area contributed by atoms with Crippen molar-refractivity contribution in [3.63, 3.8) is 0 Å². The lowest BCUT2D eigenvalue weighted by atomic mass is 9.96. The Labute approximate surface area is 428 Å². The minimum absolute atomic E-state index is 0.239. The van der Waals surface area contributed by atoms with Gasteiger partial charge in [0.2, 0.25) is 5.91 Å². The number of aliphatic hydroxyl groups excluding tert-OH is 11. The van der Waals surface area contributed by atoms with Gasteiger partial charge in [-0.1, -0.05) is 160 Å². The van der Waals surface area contributed by atoms with Crippen molar-refractivity contribution in [2.75, 3.05) is 26.4 Å². The second kappa shape index (κ2) is 37.9. The fraction of sp³-hybridized carbons (Fsp3) is 0.906. The molecule has 12 N–H and O–H groups in total. The summed E-state index contributed by atoms with van der Waals surface area (Å²) in [7, 11) is 0. The van der Waals surface area contributed by atoms with Crippen molar-refractivity contribution < 1.29 is 89.4 Å². The van der Waals surface area contributed by atoms with Crippen LogP contribution in [0.3, 0.4) is 0 Å². The lowest BCUT2D eigenvalue weighted by molar-refractivity contribution is -0.379. The molecule has 0 aromatic carbocycles. The van der Waals surface area contributed by atoms with Gasteiger partial charge in [0.05, 0.1) is 38.6 Å². The van der Waals surface area contributed by atoms with E-state index in [9.17, 15) is 61.0 Å². The molecule has 3 heterocycles. The molecule has 17 atom stereocenters. The average molecular weight is 1040 g/mol. The van der Waals surface area contributed by atoms with E-state index in [-0.39, 0.29) is 18.9 Å². The predicted octanol–water partition coefficient (Wildman–Crippen LogP) is 3.20. The maximum atomic E-state index is 13.2. The van der Waals surface area contributed by atoms with E-state index in [1.54, 1.807) is 6.08 Å². The van der Waals surface area contributed by atoms with Crippen LogP contribution in [0.5, 0.6) is 0 Å². The first-order valence-corrected chi connectivity index (χ1v) is 27.6. The average Bonchev–Trinajstić information content (AvgIpc) is 3.37. The van der Waals surface area contributed by atoms with Crippen LogP contribution in [-0.4, -0.2) is 193 Å². The van der Waals surface area contributed by atoms with Crippen molar-refractivity contribution in [2.45, 2.75) is 279 Å². The number of rotatable bonds is 39. The van der Waals surface area contributed by atoms with Gasteiger partial charge in [0.25, 0.3) is 0 Å². The van der Waals surface area contributed by atoms with Gasteiger partial charge in [-0.15, -0.1) is 0 Å². The number of amides is 1. The molecule has 0 aliphatic carbocycles. The summed E-state index contributed by atoms with van der Waals surface area (Å²) in [6.07, 6.45) is 8.89. The SMILES string of the molecule is CCCCCCCCCCC/C=C/CC/C=C/C(O)C(COC1OC(CO)C(OC2OC(CO)C(OC3OC(CO)C(O)C(O)C3O)C(O)C2O)C(O)C1O)NC(=O)CCCCCCCCCCCCCC. The van der Waals surface area contributed by atoms with Crippen molar-refractivity contribution in [2.24, 2.45) is 0 Å². The van der Waals surface area contributed by atoms with Crippen molar-refractivity contribution >= 4 is 5.91 Å². The summed E-state index contributed by atoms with van der Waals surface area (Å²) in [5.74, 6) is -0.287. The topological polar surface area (TPSA) is 307 Å². The molecule has 19 nitrogen and oxygen atoms in total. The summed E-state index contributed by atoms with van der Waals surface area (Å²) in [5.41, 5.74) is 0. The molecule has 3 aliphatic heterocycles. The van der Waals surface area contributed by atoms with E-state index in [2.05, 4.69) is 31.3 Å². The monoisotopic (exact) mass is 1040 g/mol. The minimum Gasteiger partial charge on any atom is -0.394 e. The maximum absolute atomic E-state index is 13.2. The van der Waals surface area contributed by atoms with E-state index < -0.39 is 124 Å². The van der Waals surface area contributed by atoms with Crippen LogP contribution in [0.2, 0.25) is 0 Å². The van der Waals surface area contributed by atoms with Crippen molar-refractivity contribution in [3.8, 4) is 0 Å². The summed E-state index contributed by atoms with van der Waals surface area (Å²) in [6, 6.07) is -0.983. The van der Waals surface area contributed by atoms with Crippen LogP contribution in [0.15, 0.2) is 24.3 Å². The molecule has 17 unspecified atom stereocenters. The number of aliphatic hydroxyl groups is 11. The third-order valence-corrected chi connectivity index (χ3v) is 14.0. The Morgan fingerprint density at radius 1 is 0.486 bits per heavy atom. The van der Waals surface area contributed by atoms with E-state index in [0.717, 1.165) is 38.5 Å². The molecule has 3 saturated heterocycles. The number of carbonyl (C=O) groups is 1. The zero-order chi connectivity index (χ0) is 52.7. The van der Waals surface area contributed by atoms with Gasteiger partial charge in [0, 0.05) is 6.42 Å². The largest absolute Gasteiger partial charge is 0.394 e. The van der Waals surface area contributed by atoms with Gasteiger partial charge in [-0.2, -0.15) is 0 Å². The summed E-state index contributed by atoms with van der Waals surface area (Å²) in [5, 5.41) is 120. The predicted molar refractivity (Wildman–Crippen MR) is 268 cm³/mol. The molecule has 0 bridgehead atoms. The number of nitrogens with one attached hydrogen (secondary N) is 1. The molecule has 0 radical (unpaired) electrons. The van der Waals surface area contributed by atoms with Crippen LogP contribution in [0.25, 0.3) is 0 Å². The van der Waals surface area contributed by atoms with Crippen LogP contribution >= 0.6 is 0 Å². The van der Waals surface area contributed by atoms with Crippen LogP contribution in [0.1, 0.15) is 174 Å². The maximum Gasteiger partial charge on any atom is 0.220 e. The van der Waals surface area contributed by atoms with Gasteiger partial charge >= 0.3 is 0 Å². The fourth-order valence-corrected chi connectivity index (χ4v) is 9.38. The van der Waals surface area contributed by atoms with E-state index in [1.165, 1.54) is 103 Å². The Bertz CT molecular complexity index is 1430. The highest BCUT2D eigenvalue weighted by Crippen LogP contribution is 2.33. The van der Waals surface area contributed by atoms with Crippen LogP contribution in [-0.2, 0) is 33.2 Å². The zero-order valence-electron chi connectivity index (χ0n) is 43.4. The molecule has 0 aromatic rings. The Balaban J connectivity index is 1.56. The smallest absolute Gasteiger partial charge is 0.220 e. The summed E-state index contributed by atoms with van der Waals surface area (Å²) in [6.45, 7) is 1.67. The second-order valence-corrected chi connectivity index (χ2v) is 20.0. The summed E-state index contributed by atoms with van der Waals surface area (Å²) in [4.78, 5) is 13.2. The first kappa shape index (κ1) is 64.6. The van der Waals surface area contributed by atoms with Crippen molar-refractivity contribution in [3.05, 3.63) is 24.3 Å². The van der Waals surface area contributed by atoms with Gasteiger partial charge < -0.3 is 89.9 Å². The number of hydrogen-bond donors (Lipinski definition) is 12. The highest BCUT2D eigenvalue weighted by Gasteiger charge is 2.53. The third kappa shape index (κ3) is 22.9. The molecule has 1 amide bonds. The molecular weight excluding hydrogens is 939 g/mol. The van der Waals surface area contributed by atoms with E-state index in [0.29, 0.717) is 12.8 Å². The van der Waals surface area contributed by atoms with Gasteiger partial charge in [-0.25, -0.2) is 0 Å². The van der Waals surface area contributed by atoms with E-state index >= 15 is 0 Å². The quantitative estimate of drug-likeness (QED) is 0.0311. The van der Waals surface area contributed by atoms with Crippen LogP contribution < -0.4 is 5.32 Å². The molecular formula is C53H97NO18. The normalized spacial score (nSPS) is 32.2. The molecule has 19 heteroatoms. The lowest BCUT2D eigenvalue weighted by Crippen LogP contribution is -2.66. The third-order valence-electron chi connectivity index (χ3n) is 14.0. The molecule has 3 fully saturated rings. The van der Waals surface area contributed by atoms with Gasteiger partial charge in [-0.05, 0) is 32.1 Å². The molecule has 72 heavy (non-hydrogen) atoms. The number of carbonyl (C=O) groups excluding carboxylic acids is 1. The van der Waals surface area contributed by atoms with E-state index in [1.807, 2.05) is 6.08 Å². The van der Waals surface area contributed by atoms with E-state index in [4.69, 9.17) is 28.4 Å². The summed E-state index contributed by atoms with van der Waals surface area (Å²) >= 11 is 0.